The topological polar surface area (TPSA) is 9.23 Å². The molecular formula is C26H32O. The predicted molar refractivity (Wildman–Crippen MR) is 117 cm³/mol. The van der Waals surface area contributed by atoms with Crippen LogP contribution in [0.4, 0.5) is 0 Å². The summed E-state index contributed by atoms with van der Waals surface area (Å²) in [5, 5.41) is 0. The average molecular weight is 361 g/mol. The van der Waals surface area contributed by atoms with Crippen molar-refractivity contribution in [2.45, 2.75) is 55.4 Å². The summed E-state index contributed by atoms with van der Waals surface area (Å²) in [7, 11) is 0. The van der Waals surface area contributed by atoms with Gasteiger partial charge in [0.15, 0.2) is 0 Å². The average Bonchev–Trinajstić information content (AvgIpc) is 2.60. The molecule has 0 aliphatic heterocycles. The van der Waals surface area contributed by atoms with E-state index in [4.69, 9.17) is 4.74 Å². The summed E-state index contributed by atoms with van der Waals surface area (Å²) in [6.45, 7) is 17.0. The summed E-state index contributed by atoms with van der Waals surface area (Å²) in [5.41, 5.74) is 10.7. The highest BCUT2D eigenvalue weighted by Gasteiger charge is 2.01. The van der Waals surface area contributed by atoms with Crippen LogP contribution < -0.4 is 4.74 Å². The molecule has 0 saturated carbocycles. The first-order valence-corrected chi connectivity index (χ1v) is 9.54. The highest BCUT2D eigenvalue weighted by atomic mass is 16.5. The summed E-state index contributed by atoms with van der Waals surface area (Å²) < 4.78 is 5.85. The SMILES string of the molecule is Cc1cc(C)c(C)cc1C.Cc1ccc(Oc2ccc(C)c(C)c2)cc1C. The molecule has 3 aromatic carbocycles. The molecule has 0 aromatic heterocycles. The third kappa shape index (κ3) is 5.72. The Bertz CT molecular complexity index is 835. The van der Waals surface area contributed by atoms with Gasteiger partial charge in [-0.2, -0.15) is 0 Å². The van der Waals surface area contributed by atoms with E-state index in [1.165, 1.54) is 44.5 Å². The molecule has 0 aliphatic carbocycles. The molecule has 0 unspecified atom stereocenters. The zero-order valence-corrected chi connectivity index (χ0v) is 18.0. The van der Waals surface area contributed by atoms with E-state index in [-0.39, 0.29) is 0 Å². The molecule has 142 valence electrons. The van der Waals surface area contributed by atoms with Crippen molar-refractivity contribution in [1.82, 2.24) is 0 Å². The van der Waals surface area contributed by atoms with Crippen LogP contribution >= 0.6 is 0 Å². The van der Waals surface area contributed by atoms with Crippen molar-refractivity contribution in [3.05, 3.63) is 93.0 Å². The van der Waals surface area contributed by atoms with Crippen LogP contribution in [0.3, 0.4) is 0 Å². The molecule has 0 bridgehead atoms. The fraction of sp³-hybridized carbons (Fsp3) is 0.308. The maximum Gasteiger partial charge on any atom is 0.127 e. The lowest BCUT2D eigenvalue weighted by Gasteiger charge is -2.09. The molecule has 0 atom stereocenters. The number of aryl methyl sites for hydroxylation is 8. The van der Waals surface area contributed by atoms with Crippen LogP contribution in [0.2, 0.25) is 0 Å². The van der Waals surface area contributed by atoms with Crippen molar-refractivity contribution in [3.63, 3.8) is 0 Å². The van der Waals surface area contributed by atoms with E-state index in [9.17, 15) is 0 Å². The van der Waals surface area contributed by atoms with E-state index < -0.39 is 0 Å². The summed E-state index contributed by atoms with van der Waals surface area (Å²) in [6.07, 6.45) is 0. The van der Waals surface area contributed by atoms with Crippen LogP contribution in [0.1, 0.15) is 44.5 Å². The van der Waals surface area contributed by atoms with Crippen LogP contribution in [0.25, 0.3) is 0 Å². The monoisotopic (exact) mass is 360 g/mol. The third-order valence-electron chi connectivity index (χ3n) is 5.30. The van der Waals surface area contributed by atoms with E-state index in [2.05, 4.69) is 91.8 Å². The van der Waals surface area contributed by atoms with Crippen LogP contribution in [-0.2, 0) is 0 Å². The normalized spacial score (nSPS) is 10.2. The van der Waals surface area contributed by atoms with Gasteiger partial charge in [0.2, 0.25) is 0 Å². The van der Waals surface area contributed by atoms with Gasteiger partial charge in [0, 0.05) is 0 Å². The smallest absolute Gasteiger partial charge is 0.127 e. The molecule has 3 rings (SSSR count). The largest absolute Gasteiger partial charge is 0.457 e. The Kier molecular flexibility index (Phi) is 6.85. The Hall–Kier alpha value is -2.54. The molecule has 1 nitrogen and oxygen atoms in total. The highest BCUT2D eigenvalue weighted by Crippen LogP contribution is 2.25. The highest BCUT2D eigenvalue weighted by molar-refractivity contribution is 5.40. The lowest BCUT2D eigenvalue weighted by Crippen LogP contribution is -1.88. The standard InChI is InChI=1S/C16H18O.C10H14/c1-11-5-7-15(9-13(11)3)17-16-8-6-12(2)14(4)10-16;1-7-5-9(3)10(4)6-8(7)2/h5-10H,1-4H3;5-6H,1-4H3. The predicted octanol–water partition coefficient (Wildman–Crippen LogP) is 7.63. The molecule has 0 fully saturated rings. The number of hydrogen-bond donors (Lipinski definition) is 0. The number of rotatable bonds is 2. The molecule has 0 N–H and O–H groups in total. The van der Waals surface area contributed by atoms with Gasteiger partial charge in [-0.1, -0.05) is 24.3 Å². The van der Waals surface area contributed by atoms with Gasteiger partial charge in [0.1, 0.15) is 11.5 Å². The molecule has 0 spiro atoms. The second-order valence-corrected chi connectivity index (χ2v) is 7.61. The molecule has 0 heterocycles. The van der Waals surface area contributed by atoms with Crippen molar-refractivity contribution in [3.8, 4) is 11.5 Å². The lowest BCUT2D eigenvalue weighted by atomic mass is 10.0. The van der Waals surface area contributed by atoms with Gasteiger partial charge < -0.3 is 4.74 Å². The second kappa shape index (κ2) is 8.90. The zero-order chi connectivity index (χ0) is 20.1. The van der Waals surface area contributed by atoms with Crippen molar-refractivity contribution >= 4 is 0 Å². The summed E-state index contributed by atoms with van der Waals surface area (Å²) >= 11 is 0. The van der Waals surface area contributed by atoms with Gasteiger partial charge in [-0.05, 0) is 124 Å². The molecule has 1 heteroatoms. The maximum atomic E-state index is 5.85. The Morgan fingerprint density at radius 1 is 0.370 bits per heavy atom. The minimum Gasteiger partial charge on any atom is -0.457 e. The molecule has 0 radical (unpaired) electrons. The van der Waals surface area contributed by atoms with Crippen LogP contribution in [0, 0.1) is 55.4 Å². The Morgan fingerprint density at radius 2 is 0.667 bits per heavy atom. The molecule has 27 heavy (non-hydrogen) atoms. The molecule has 3 aromatic rings. The Balaban J connectivity index is 0.000000223. The van der Waals surface area contributed by atoms with Crippen molar-refractivity contribution < 1.29 is 4.74 Å². The number of benzene rings is 3. The van der Waals surface area contributed by atoms with Gasteiger partial charge in [-0.3, -0.25) is 0 Å². The summed E-state index contributed by atoms with van der Waals surface area (Å²) in [4.78, 5) is 0. The Labute approximate surface area is 165 Å². The van der Waals surface area contributed by atoms with E-state index >= 15 is 0 Å². The molecule has 0 amide bonds. The fourth-order valence-electron chi connectivity index (χ4n) is 2.80. The van der Waals surface area contributed by atoms with Gasteiger partial charge in [0.25, 0.3) is 0 Å². The van der Waals surface area contributed by atoms with E-state index in [0.29, 0.717) is 0 Å². The lowest BCUT2D eigenvalue weighted by molar-refractivity contribution is 0.481. The fourth-order valence-corrected chi connectivity index (χ4v) is 2.80. The van der Waals surface area contributed by atoms with E-state index in [1.807, 2.05) is 12.1 Å². The third-order valence-corrected chi connectivity index (χ3v) is 5.30. The van der Waals surface area contributed by atoms with Crippen LogP contribution in [0.5, 0.6) is 11.5 Å². The van der Waals surface area contributed by atoms with Crippen LogP contribution in [0.15, 0.2) is 48.5 Å². The van der Waals surface area contributed by atoms with E-state index in [0.717, 1.165) is 11.5 Å². The number of ether oxygens (including phenoxy) is 1. The number of hydrogen-bond acceptors (Lipinski definition) is 1. The molecule has 0 saturated heterocycles. The van der Waals surface area contributed by atoms with E-state index in [1.54, 1.807) is 0 Å². The quantitative estimate of drug-likeness (QED) is 0.456. The van der Waals surface area contributed by atoms with Gasteiger partial charge in [-0.15, -0.1) is 0 Å². The van der Waals surface area contributed by atoms with Gasteiger partial charge in [0.05, 0.1) is 0 Å². The first kappa shape index (κ1) is 20.8. The Morgan fingerprint density at radius 3 is 0.963 bits per heavy atom. The van der Waals surface area contributed by atoms with Gasteiger partial charge >= 0.3 is 0 Å². The van der Waals surface area contributed by atoms with Gasteiger partial charge in [-0.25, -0.2) is 0 Å². The zero-order valence-electron chi connectivity index (χ0n) is 18.0. The summed E-state index contributed by atoms with van der Waals surface area (Å²) in [5.74, 6) is 1.80. The second-order valence-electron chi connectivity index (χ2n) is 7.61. The minimum absolute atomic E-state index is 0.899. The van der Waals surface area contributed by atoms with Crippen molar-refractivity contribution in [1.29, 1.82) is 0 Å². The first-order valence-electron chi connectivity index (χ1n) is 9.54. The maximum absolute atomic E-state index is 5.85. The molecule has 0 aliphatic rings. The minimum atomic E-state index is 0.899. The van der Waals surface area contributed by atoms with Crippen molar-refractivity contribution in [2.24, 2.45) is 0 Å². The first-order chi connectivity index (χ1) is 12.7. The molecular weight excluding hydrogens is 328 g/mol. The van der Waals surface area contributed by atoms with Crippen molar-refractivity contribution in [2.75, 3.05) is 0 Å². The van der Waals surface area contributed by atoms with Crippen LogP contribution in [-0.4, -0.2) is 0 Å². The summed E-state index contributed by atoms with van der Waals surface area (Å²) in [6, 6.07) is 16.8.